The van der Waals surface area contributed by atoms with Crippen molar-refractivity contribution in [3.8, 4) is 0 Å². The first-order valence-electron chi connectivity index (χ1n) is 6.33. The third-order valence-corrected chi connectivity index (χ3v) is 4.19. The fraction of sp³-hybridized carbons (Fsp3) is 1.00. The molecule has 1 fully saturated rings. The molecule has 0 aromatic heterocycles. The van der Waals surface area contributed by atoms with Crippen molar-refractivity contribution in [3.05, 3.63) is 0 Å². The molecule has 5 atom stereocenters. The van der Waals surface area contributed by atoms with Crippen molar-refractivity contribution in [2.75, 3.05) is 0 Å². The standard InChI is InChI=1S/C13H22F4O/c1-7(13(15,16)17)8-5-9(12(2,3)4)10(14)6-11(8)18/h7-11,18H,5-6H2,1-4H3. The van der Waals surface area contributed by atoms with E-state index < -0.39 is 36.2 Å². The molecule has 0 aromatic rings. The first-order valence-corrected chi connectivity index (χ1v) is 6.33. The summed E-state index contributed by atoms with van der Waals surface area (Å²) >= 11 is 0. The highest BCUT2D eigenvalue weighted by atomic mass is 19.4. The van der Waals surface area contributed by atoms with Crippen LogP contribution in [-0.2, 0) is 0 Å². The molecule has 0 aliphatic heterocycles. The Hall–Kier alpha value is -0.320. The highest BCUT2D eigenvalue weighted by Gasteiger charge is 2.50. The quantitative estimate of drug-likeness (QED) is 0.715. The summed E-state index contributed by atoms with van der Waals surface area (Å²) in [6.07, 6.45) is -6.86. The summed E-state index contributed by atoms with van der Waals surface area (Å²) in [6.45, 7) is 6.57. The van der Waals surface area contributed by atoms with Crippen molar-refractivity contribution in [1.29, 1.82) is 0 Å². The van der Waals surface area contributed by atoms with Crippen LogP contribution in [0.25, 0.3) is 0 Å². The molecule has 0 saturated heterocycles. The lowest BCUT2D eigenvalue weighted by Crippen LogP contribution is -2.46. The molecular weight excluding hydrogens is 248 g/mol. The van der Waals surface area contributed by atoms with Crippen LogP contribution in [0, 0.1) is 23.2 Å². The molecule has 1 saturated carbocycles. The Morgan fingerprint density at radius 1 is 1.11 bits per heavy atom. The largest absolute Gasteiger partial charge is 0.393 e. The molecule has 0 bridgehead atoms. The number of aliphatic hydroxyl groups is 1. The van der Waals surface area contributed by atoms with Gasteiger partial charge in [0.1, 0.15) is 6.17 Å². The summed E-state index contributed by atoms with van der Waals surface area (Å²) in [5.41, 5.74) is -0.386. The van der Waals surface area contributed by atoms with Crippen LogP contribution in [0.1, 0.15) is 40.5 Å². The molecular formula is C13H22F4O. The van der Waals surface area contributed by atoms with Crippen molar-refractivity contribution < 1.29 is 22.7 Å². The second-order valence-electron chi connectivity index (χ2n) is 6.52. The zero-order valence-electron chi connectivity index (χ0n) is 11.3. The van der Waals surface area contributed by atoms with Gasteiger partial charge in [0.25, 0.3) is 0 Å². The lowest BCUT2D eigenvalue weighted by atomic mass is 9.64. The lowest BCUT2D eigenvalue weighted by molar-refractivity contribution is -0.204. The van der Waals surface area contributed by atoms with E-state index in [-0.39, 0.29) is 18.3 Å². The lowest BCUT2D eigenvalue weighted by Gasteiger charge is -2.44. The monoisotopic (exact) mass is 270 g/mol. The van der Waals surface area contributed by atoms with Crippen LogP contribution in [0.5, 0.6) is 0 Å². The van der Waals surface area contributed by atoms with E-state index in [9.17, 15) is 22.7 Å². The fourth-order valence-electron chi connectivity index (χ4n) is 2.84. The molecule has 18 heavy (non-hydrogen) atoms. The second-order valence-corrected chi connectivity index (χ2v) is 6.52. The van der Waals surface area contributed by atoms with Crippen molar-refractivity contribution in [2.24, 2.45) is 23.2 Å². The van der Waals surface area contributed by atoms with Gasteiger partial charge in [0.2, 0.25) is 0 Å². The van der Waals surface area contributed by atoms with Crippen LogP contribution in [0.4, 0.5) is 17.6 Å². The number of aliphatic hydroxyl groups excluding tert-OH is 1. The number of hydrogen-bond donors (Lipinski definition) is 1. The van der Waals surface area contributed by atoms with E-state index in [1.165, 1.54) is 0 Å². The summed E-state index contributed by atoms with van der Waals surface area (Å²) in [6, 6.07) is 0. The zero-order chi connectivity index (χ0) is 14.3. The van der Waals surface area contributed by atoms with Crippen LogP contribution in [-0.4, -0.2) is 23.6 Å². The van der Waals surface area contributed by atoms with Crippen LogP contribution in [0.2, 0.25) is 0 Å². The van der Waals surface area contributed by atoms with Gasteiger partial charge in [-0.1, -0.05) is 27.7 Å². The average Bonchev–Trinajstić information content (AvgIpc) is 2.13. The van der Waals surface area contributed by atoms with Gasteiger partial charge >= 0.3 is 6.18 Å². The van der Waals surface area contributed by atoms with E-state index in [0.29, 0.717) is 0 Å². The SMILES string of the molecule is CC(C1CC(C(C)(C)C)C(F)CC1O)C(F)(F)F. The Morgan fingerprint density at radius 3 is 2.00 bits per heavy atom. The summed E-state index contributed by atoms with van der Waals surface area (Å²) < 4.78 is 52.1. The maximum absolute atomic E-state index is 13.9. The van der Waals surface area contributed by atoms with Gasteiger partial charge in [0, 0.05) is 6.42 Å². The van der Waals surface area contributed by atoms with E-state index in [0.717, 1.165) is 6.92 Å². The van der Waals surface area contributed by atoms with Crippen LogP contribution >= 0.6 is 0 Å². The molecule has 0 spiro atoms. The molecule has 0 amide bonds. The van der Waals surface area contributed by atoms with Gasteiger partial charge < -0.3 is 5.11 Å². The van der Waals surface area contributed by atoms with E-state index in [2.05, 4.69) is 0 Å². The molecule has 0 aromatic carbocycles. The Labute approximate surface area is 106 Å². The molecule has 1 aliphatic rings. The molecule has 1 rings (SSSR count). The molecule has 0 heterocycles. The highest BCUT2D eigenvalue weighted by molar-refractivity contribution is 4.93. The van der Waals surface area contributed by atoms with Crippen LogP contribution in [0.15, 0.2) is 0 Å². The minimum absolute atomic E-state index is 0.0898. The third-order valence-electron chi connectivity index (χ3n) is 4.19. The summed E-state index contributed by atoms with van der Waals surface area (Å²) in [4.78, 5) is 0. The van der Waals surface area contributed by atoms with Crippen molar-refractivity contribution in [1.82, 2.24) is 0 Å². The van der Waals surface area contributed by atoms with Crippen molar-refractivity contribution in [3.63, 3.8) is 0 Å². The molecule has 0 radical (unpaired) electrons. The van der Waals surface area contributed by atoms with E-state index >= 15 is 0 Å². The average molecular weight is 270 g/mol. The first kappa shape index (κ1) is 15.7. The topological polar surface area (TPSA) is 20.2 Å². The summed E-state index contributed by atoms with van der Waals surface area (Å²) in [7, 11) is 0. The predicted molar refractivity (Wildman–Crippen MR) is 61.8 cm³/mol. The van der Waals surface area contributed by atoms with Crippen molar-refractivity contribution >= 4 is 0 Å². The van der Waals surface area contributed by atoms with Gasteiger partial charge in [0.15, 0.2) is 0 Å². The minimum Gasteiger partial charge on any atom is -0.393 e. The van der Waals surface area contributed by atoms with Gasteiger partial charge in [-0.3, -0.25) is 0 Å². The molecule has 1 nitrogen and oxygen atoms in total. The van der Waals surface area contributed by atoms with Crippen LogP contribution < -0.4 is 0 Å². The third kappa shape index (κ3) is 3.37. The molecule has 1 aliphatic carbocycles. The van der Waals surface area contributed by atoms with E-state index in [4.69, 9.17) is 0 Å². The molecule has 108 valence electrons. The van der Waals surface area contributed by atoms with Crippen LogP contribution in [0.3, 0.4) is 0 Å². The Morgan fingerprint density at radius 2 is 1.61 bits per heavy atom. The van der Waals surface area contributed by atoms with E-state index in [1.54, 1.807) is 0 Å². The first-order chi connectivity index (χ1) is 7.94. The minimum atomic E-state index is -4.34. The van der Waals surface area contributed by atoms with Crippen molar-refractivity contribution in [2.45, 2.75) is 59.0 Å². The van der Waals surface area contributed by atoms with Gasteiger partial charge in [-0.15, -0.1) is 0 Å². The van der Waals surface area contributed by atoms with Gasteiger partial charge in [-0.2, -0.15) is 13.2 Å². The van der Waals surface area contributed by atoms with Gasteiger partial charge in [-0.25, -0.2) is 4.39 Å². The normalized spacial score (nSPS) is 36.5. The number of halogens is 4. The summed E-state index contributed by atoms with van der Waals surface area (Å²) in [5, 5.41) is 9.72. The smallest absolute Gasteiger partial charge is 0.391 e. The number of hydrogen-bond acceptors (Lipinski definition) is 1. The Kier molecular flexibility index (Phi) is 4.36. The fourth-order valence-corrected chi connectivity index (χ4v) is 2.84. The van der Waals surface area contributed by atoms with Gasteiger partial charge in [-0.05, 0) is 23.7 Å². The molecule has 5 unspecified atom stereocenters. The Bertz CT molecular complexity index is 282. The maximum atomic E-state index is 13.9. The zero-order valence-corrected chi connectivity index (χ0v) is 11.3. The highest BCUT2D eigenvalue weighted by Crippen LogP contribution is 2.47. The van der Waals surface area contributed by atoms with E-state index in [1.807, 2.05) is 20.8 Å². The maximum Gasteiger partial charge on any atom is 0.391 e. The number of rotatable bonds is 1. The molecule has 5 heteroatoms. The Balaban J connectivity index is 2.88. The predicted octanol–water partition coefficient (Wildman–Crippen LogP) is 3.96. The summed E-state index contributed by atoms with van der Waals surface area (Å²) in [5.74, 6) is -2.93. The second kappa shape index (κ2) is 4.99. The number of alkyl halides is 4. The van der Waals surface area contributed by atoms with Gasteiger partial charge in [0.05, 0.1) is 12.0 Å². The molecule has 1 N–H and O–H groups in total.